The molecule has 1 aromatic rings. The Bertz CT molecular complexity index is 607. The van der Waals surface area contributed by atoms with Gasteiger partial charge >= 0.3 is 0 Å². The predicted molar refractivity (Wildman–Crippen MR) is 94.7 cm³/mol. The maximum Gasteiger partial charge on any atom is 0.282 e. The van der Waals surface area contributed by atoms with E-state index < -0.39 is 0 Å². The van der Waals surface area contributed by atoms with Gasteiger partial charge in [-0.1, -0.05) is 12.1 Å². The fourth-order valence-corrected chi connectivity index (χ4v) is 3.80. The molecule has 24 heavy (non-hydrogen) atoms. The molecule has 0 saturated carbocycles. The van der Waals surface area contributed by atoms with E-state index in [1.165, 1.54) is 19.3 Å². The second-order valence-electron chi connectivity index (χ2n) is 6.77. The van der Waals surface area contributed by atoms with Crippen molar-refractivity contribution in [1.82, 2.24) is 0 Å². The maximum atomic E-state index is 12.8. The Labute approximate surface area is 171 Å². The molecule has 2 rings (SSSR count). The molecule has 4 nitrogen and oxygen atoms in total. The first-order chi connectivity index (χ1) is 10.9. The van der Waals surface area contributed by atoms with E-state index in [-0.39, 0.29) is 44.7 Å². The molecular formula is C19H28N3OY+. The van der Waals surface area contributed by atoms with Gasteiger partial charge < -0.3 is 9.80 Å². The largest absolute Gasteiger partial charge is 0.321 e. The van der Waals surface area contributed by atoms with Crippen LogP contribution in [-0.2, 0) is 37.5 Å². The van der Waals surface area contributed by atoms with Gasteiger partial charge in [-0.2, -0.15) is 0 Å². The van der Waals surface area contributed by atoms with Crippen LogP contribution in [0.1, 0.15) is 44.2 Å². The molecule has 1 amide bonds. The number of amides is 1. The standard InChI is InChI=1S/C19H27N3O.Y/c1-6-22(10-8-7-9-11-22)16(4)19(23)21-18-14(2)12-17(20-5)13-15(18)3;/h12-13,16H,6-11H2,1-4H3;/p+1. The molecule has 5 heteroatoms. The number of aryl methyl sites for hydroxylation is 2. The molecule has 1 aliphatic heterocycles. The van der Waals surface area contributed by atoms with Crippen molar-refractivity contribution in [2.24, 2.45) is 0 Å². The summed E-state index contributed by atoms with van der Waals surface area (Å²) in [6.45, 7) is 18.5. The van der Waals surface area contributed by atoms with E-state index in [2.05, 4.69) is 24.0 Å². The summed E-state index contributed by atoms with van der Waals surface area (Å²) < 4.78 is 0.893. The molecule has 1 radical (unpaired) electrons. The van der Waals surface area contributed by atoms with Crippen molar-refractivity contribution in [3.05, 3.63) is 34.7 Å². The van der Waals surface area contributed by atoms with Gasteiger partial charge in [0.25, 0.3) is 5.91 Å². The van der Waals surface area contributed by atoms with Gasteiger partial charge in [0.1, 0.15) is 0 Å². The fraction of sp³-hybridized carbons (Fsp3) is 0.579. The summed E-state index contributed by atoms with van der Waals surface area (Å²) in [6.07, 6.45) is 3.71. The second-order valence-corrected chi connectivity index (χ2v) is 6.77. The van der Waals surface area contributed by atoms with Crippen LogP contribution in [0.5, 0.6) is 0 Å². The third-order valence-corrected chi connectivity index (χ3v) is 5.43. The van der Waals surface area contributed by atoms with E-state index >= 15 is 0 Å². The predicted octanol–water partition coefficient (Wildman–Crippen LogP) is 4.20. The number of piperidine rings is 1. The molecule has 127 valence electrons. The summed E-state index contributed by atoms with van der Waals surface area (Å²) in [4.78, 5) is 16.3. The zero-order chi connectivity index (χ0) is 17.0. The average Bonchev–Trinajstić information content (AvgIpc) is 2.57. The zero-order valence-electron chi connectivity index (χ0n) is 15.4. The molecule has 1 aliphatic rings. The minimum atomic E-state index is -0.0420. The third-order valence-electron chi connectivity index (χ3n) is 5.43. The van der Waals surface area contributed by atoms with Crippen LogP contribution in [0.4, 0.5) is 11.4 Å². The summed E-state index contributed by atoms with van der Waals surface area (Å²) in [7, 11) is 0. The molecule has 0 spiro atoms. The van der Waals surface area contributed by atoms with E-state index in [0.29, 0.717) is 5.69 Å². The minimum Gasteiger partial charge on any atom is -0.321 e. The first kappa shape index (κ1) is 21.3. The van der Waals surface area contributed by atoms with E-state index in [1.54, 1.807) is 0 Å². The van der Waals surface area contributed by atoms with Gasteiger partial charge in [0.05, 0.1) is 26.2 Å². The van der Waals surface area contributed by atoms with Gasteiger partial charge in [0.15, 0.2) is 11.7 Å². The zero-order valence-corrected chi connectivity index (χ0v) is 18.2. The number of hydrogen-bond donors (Lipinski definition) is 1. The first-order valence-electron chi connectivity index (χ1n) is 8.59. The molecule has 0 aliphatic carbocycles. The van der Waals surface area contributed by atoms with Crippen LogP contribution in [0.3, 0.4) is 0 Å². The van der Waals surface area contributed by atoms with Crippen molar-refractivity contribution in [2.45, 2.75) is 53.0 Å². The molecule has 1 N–H and O–H groups in total. The summed E-state index contributed by atoms with van der Waals surface area (Å²) in [5.74, 6) is 0.0931. The van der Waals surface area contributed by atoms with Crippen molar-refractivity contribution in [2.75, 3.05) is 25.0 Å². The number of quaternary nitrogens is 1. The average molecular weight is 403 g/mol. The monoisotopic (exact) mass is 403 g/mol. The van der Waals surface area contributed by atoms with Crippen LogP contribution in [0, 0.1) is 20.4 Å². The Morgan fingerprint density at radius 3 is 2.25 bits per heavy atom. The van der Waals surface area contributed by atoms with Gasteiger partial charge in [-0.3, -0.25) is 4.79 Å². The molecule has 0 aromatic heterocycles. The van der Waals surface area contributed by atoms with Crippen LogP contribution in [0.15, 0.2) is 12.1 Å². The normalized spacial score (nSPS) is 17.3. The van der Waals surface area contributed by atoms with Crippen LogP contribution >= 0.6 is 0 Å². The molecule has 1 saturated heterocycles. The summed E-state index contributed by atoms with van der Waals surface area (Å²) >= 11 is 0. The molecular weight excluding hydrogens is 375 g/mol. The number of likely N-dealkylation sites (tertiary alicyclic amines) is 1. The van der Waals surface area contributed by atoms with Crippen molar-refractivity contribution < 1.29 is 42.0 Å². The molecule has 1 unspecified atom stereocenters. The number of anilines is 1. The SMILES string of the molecule is [C-]#[N+]c1cc(C)c(NC(=O)C(C)[N+]2(CC)CCCCC2)c(C)c1.[Y]. The Morgan fingerprint density at radius 2 is 1.79 bits per heavy atom. The topological polar surface area (TPSA) is 33.5 Å². The summed E-state index contributed by atoms with van der Waals surface area (Å²) in [6, 6.07) is 3.64. The van der Waals surface area contributed by atoms with Crippen LogP contribution < -0.4 is 5.32 Å². The Balaban J connectivity index is 0.00000288. The van der Waals surface area contributed by atoms with E-state index in [0.717, 1.165) is 40.9 Å². The molecule has 1 atom stereocenters. The van der Waals surface area contributed by atoms with Crippen molar-refractivity contribution in [1.29, 1.82) is 0 Å². The second kappa shape index (κ2) is 9.08. The number of nitrogens with zero attached hydrogens (tertiary/aromatic N) is 2. The van der Waals surface area contributed by atoms with Crippen LogP contribution in [0.25, 0.3) is 4.85 Å². The van der Waals surface area contributed by atoms with Crippen LogP contribution in [0.2, 0.25) is 0 Å². The van der Waals surface area contributed by atoms with E-state index in [1.807, 2.05) is 26.0 Å². The van der Waals surface area contributed by atoms with Crippen LogP contribution in [-0.4, -0.2) is 36.1 Å². The molecule has 1 heterocycles. The van der Waals surface area contributed by atoms with E-state index in [9.17, 15) is 4.79 Å². The van der Waals surface area contributed by atoms with Gasteiger partial charge in [0, 0.05) is 38.4 Å². The van der Waals surface area contributed by atoms with Crippen molar-refractivity contribution in [3.63, 3.8) is 0 Å². The molecule has 1 aromatic carbocycles. The number of carbonyl (C=O) groups is 1. The number of nitrogens with one attached hydrogen (secondary N) is 1. The fourth-order valence-electron chi connectivity index (χ4n) is 3.80. The Morgan fingerprint density at radius 1 is 1.25 bits per heavy atom. The van der Waals surface area contributed by atoms with Crippen molar-refractivity contribution >= 4 is 17.3 Å². The summed E-state index contributed by atoms with van der Waals surface area (Å²) in [5.41, 5.74) is 3.40. The molecule has 1 fully saturated rings. The number of hydrogen-bond acceptors (Lipinski definition) is 1. The van der Waals surface area contributed by atoms with Gasteiger partial charge in [-0.15, -0.1) is 0 Å². The van der Waals surface area contributed by atoms with Crippen molar-refractivity contribution in [3.8, 4) is 0 Å². The van der Waals surface area contributed by atoms with Gasteiger partial charge in [0.2, 0.25) is 0 Å². The number of rotatable bonds is 4. The smallest absolute Gasteiger partial charge is 0.282 e. The van der Waals surface area contributed by atoms with Gasteiger partial charge in [-0.05, 0) is 58.1 Å². The molecule has 0 bridgehead atoms. The summed E-state index contributed by atoms with van der Waals surface area (Å²) in [5, 5.41) is 3.13. The number of benzene rings is 1. The van der Waals surface area contributed by atoms with E-state index in [4.69, 9.17) is 6.57 Å². The minimum absolute atomic E-state index is 0. The quantitative estimate of drug-likeness (QED) is 0.593. The third kappa shape index (κ3) is 4.45. The van der Waals surface area contributed by atoms with Gasteiger partial charge in [-0.25, -0.2) is 4.85 Å². The Kier molecular flexibility index (Phi) is 8.06. The number of carbonyl (C=O) groups excluding carboxylic acids is 1. The Hall–Kier alpha value is -0.756. The first-order valence-corrected chi connectivity index (χ1v) is 8.59. The number of likely N-dealkylation sites (N-methyl/N-ethyl adjacent to an activating group) is 1. The maximum absolute atomic E-state index is 12.8.